The highest BCUT2D eigenvalue weighted by atomic mass is 35.5. The van der Waals surface area contributed by atoms with E-state index in [0.717, 1.165) is 5.88 Å². The zero-order chi connectivity index (χ0) is 11.7. The number of halogens is 4. The van der Waals surface area contributed by atoms with Crippen molar-refractivity contribution >= 4 is 46.4 Å². The molecule has 1 heterocycles. The van der Waals surface area contributed by atoms with Crippen LogP contribution in [0.15, 0.2) is 12.3 Å². The van der Waals surface area contributed by atoms with Gasteiger partial charge < -0.3 is 0 Å². The molecule has 0 aromatic carbocycles. The Balaban J connectivity index is 0.000000288. The first-order chi connectivity index (χ1) is 7.13. The van der Waals surface area contributed by atoms with Gasteiger partial charge in [-0.05, 0) is 12.5 Å². The molecule has 0 aliphatic heterocycles. The van der Waals surface area contributed by atoms with Gasteiger partial charge >= 0.3 is 0 Å². The molecule has 0 amide bonds. The van der Waals surface area contributed by atoms with E-state index in [2.05, 4.69) is 11.9 Å². The number of nitrogens with zero attached hydrogens (tertiary/aromatic N) is 1. The first-order valence-electron chi connectivity index (χ1n) is 4.65. The van der Waals surface area contributed by atoms with E-state index in [0.29, 0.717) is 10.0 Å². The molecule has 0 unspecified atom stereocenters. The molecule has 0 fully saturated rings. The molecule has 0 N–H and O–H groups in total. The smallest absolute Gasteiger partial charge is 0.149 e. The number of hydrogen-bond acceptors (Lipinski definition) is 1. The zero-order valence-corrected chi connectivity index (χ0v) is 11.5. The lowest BCUT2D eigenvalue weighted by atomic mass is 10.3. The first-order valence-corrected chi connectivity index (χ1v) is 6.31. The minimum Gasteiger partial charge on any atom is -0.243 e. The second-order valence-electron chi connectivity index (χ2n) is 2.79. The van der Waals surface area contributed by atoms with Crippen LogP contribution in [0.1, 0.15) is 26.2 Å². The molecule has 0 spiro atoms. The van der Waals surface area contributed by atoms with E-state index >= 15 is 0 Å². The van der Waals surface area contributed by atoms with Gasteiger partial charge in [0.2, 0.25) is 0 Å². The standard InChI is InChI=1S/C5H2Cl3N.C5H11Cl/c6-3-1-2-9-5(8)4(3)7;1-2-3-4-5-6/h1-2H;2-5H2,1H3. The van der Waals surface area contributed by atoms with Gasteiger partial charge in [0.1, 0.15) is 5.15 Å². The average Bonchev–Trinajstić information content (AvgIpc) is 2.24. The predicted octanol–water partition coefficient (Wildman–Crippen LogP) is 5.46. The lowest BCUT2D eigenvalue weighted by Gasteiger charge is -1.93. The summed E-state index contributed by atoms with van der Waals surface area (Å²) in [6, 6.07) is 1.58. The molecule has 1 aromatic rings. The topological polar surface area (TPSA) is 12.9 Å². The molecule has 15 heavy (non-hydrogen) atoms. The molecule has 86 valence electrons. The van der Waals surface area contributed by atoms with E-state index < -0.39 is 0 Å². The van der Waals surface area contributed by atoms with Crippen LogP contribution >= 0.6 is 46.4 Å². The molecule has 1 rings (SSSR count). The molecule has 0 aliphatic rings. The third-order valence-corrected chi connectivity index (χ3v) is 2.98. The third-order valence-electron chi connectivity index (χ3n) is 1.54. The normalized spacial score (nSPS) is 9.40. The van der Waals surface area contributed by atoms with Crippen molar-refractivity contribution in [1.82, 2.24) is 4.98 Å². The third kappa shape index (κ3) is 7.24. The molecule has 0 radical (unpaired) electrons. The zero-order valence-electron chi connectivity index (χ0n) is 8.44. The summed E-state index contributed by atoms with van der Waals surface area (Å²) in [5.41, 5.74) is 0. The van der Waals surface area contributed by atoms with E-state index in [1.165, 1.54) is 25.5 Å². The Hall–Kier alpha value is 0.310. The maximum absolute atomic E-state index is 5.56. The second-order valence-corrected chi connectivity index (χ2v) is 4.31. The summed E-state index contributed by atoms with van der Waals surface area (Å²) in [6.45, 7) is 2.17. The van der Waals surface area contributed by atoms with E-state index in [-0.39, 0.29) is 5.15 Å². The van der Waals surface area contributed by atoms with Gasteiger partial charge in [-0.3, -0.25) is 0 Å². The molecule has 0 saturated carbocycles. The van der Waals surface area contributed by atoms with Crippen molar-refractivity contribution in [3.05, 3.63) is 27.5 Å². The number of rotatable bonds is 3. The number of alkyl halides is 1. The molecule has 1 aromatic heterocycles. The highest BCUT2D eigenvalue weighted by Gasteiger charge is 2.00. The van der Waals surface area contributed by atoms with Gasteiger partial charge in [-0.15, -0.1) is 11.6 Å². The van der Waals surface area contributed by atoms with E-state index in [1.807, 2.05) is 0 Å². The summed E-state index contributed by atoms with van der Waals surface area (Å²) < 4.78 is 0. The van der Waals surface area contributed by atoms with Crippen LogP contribution in [0.3, 0.4) is 0 Å². The Morgan fingerprint density at radius 2 is 1.87 bits per heavy atom. The van der Waals surface area contributed by atoms with Crippen molar-refractivity contribution in [2.24, 2.45) is 0 Å². The second kappa shape index (κ2) is 9.53. The van der Waals surface area contributed by atoms with Crippen LogP contribution < -0.4 is 0 Å². The van der Waals surface area contributed by atoms with Crippen molar-refractivity contribution in [2.75, 3.05) is 5.88 Å². The summed E-state index contributed by atoms with van der Waals surface area (Å²) in [6.07, 6.45) is 5.23. The lowest BCUT2D eigenvalue weighted by molar-refractivity contribution is 0.776. The van der Waals surface area contributed by atoms with Gasteiger partial charge in [0.15, 0.2) is 0 Å². The molecule has 0 aliphatic carbocycles. The molecular formula is C10H13Cl4N. The van der Waals surface area contributed by atoms with Crippen LogP contribution in [-0.4, -0.2) is 10.9 Å². The highest BCUT2D eigenvalue weighted by molar-refractivity contribution is 6.47. The van der Waals surface area contributed by atoms with Crippen molar-refractivity contribution < 1.29 is 0 Å². The molecule has 1 nitrogen and oxygen atoms in total. The van der Waals surface area contributed by atoms with Gasteiger partial charge in [0, 0.05) is 12.1 Å². The summed E-state index contributed by atoms with van der Waals surface area (Å²) >= 11 is 22.0. The van der Waals surface area contributed by atoms with Crippen molar-refractivity contribution in [2.45, 2.75) is 26.2 Å². The summed E-state index contributed by atoms with van der Waals surface area (Å²) in [4.78, 5) is 3.69. The highest BCUT2D eigenvalue weighted by Crippen LogP contribution is 2.26. The number of hydrogen-bond donors (Lipinski definition) is 0. The quantitative estimate of drug-likeness (QED) is 0.409. The van der Waals surface area contributed by atoms with Gasteiger partial charge in [-0.1, -0.05) is 54.6 Å². The fraction of sp³-hybridized carbons (Fsp3) is 0.500. The minimum absolute atomic E-state index is 0.240. The van der Waals surface area contributed by atoms with Crippen molar-refractivity contribution in [3.8, 4) is 0 Å². The fourth-order valence-electron chi connectivity index (χ4n) is 0.741. The van der Waals surface area contributed by atoms with Crippen LogP contribution in [0.4, 0.5) is 0 Å². The molecule has 0 atom stereocenters. The summed E-state index contributed by atoms with van der Waals surface area (Å²) in [5, 5.41) is 0.974. The molecule has 5 heteroatoms. The largest absolute Gasteiger partial charge is 0.243 e. The SMILES string of the molecule is CCCCCCl.Clc1ccnc(Cl)c1Cl. The number of unbranched alkanes of at least 4 members (excludes halogenated alkanes) is 2. The van der Waals surface area contributed by atoms with Crippen LogP contribution in [0, 0.1) is 0 Å². The molecule has 0 saturated heterocycles. The van der Waals surface area contributed by atoms with Crippen LogP contribution in [-0.2, 0) is 0 Å². The van der Waals surface area contributed by atoms with Gasteiger partial charge in [-0.2, -0.15) is 0 Å². The molecule has 0 bridgehead atoms. The first kappa shape index (κ1) is 15.3. The average molecular weight is 289 g/mol. The number of aromatic nitrogens is 1. The minimum atomic E-state index is 0.240. The van der Waals surface area contributed by atoms with Crippen LogP contribution in [0.5, 0.6) is 0 Å². The summed E-state index contributed by atoms with van der Waals surface area (Å²) in [7, 11) is 0. The van der Waals surface area contributed by atoms with E-state index in [4.69, 9.17) is 46.4 Å². The molecular weight excluding hydrogens is 276 g/mol. The van der Waals surface area contributed by atoms with Gasteiger partial charge in [0.25, 0.3) is 0 Å². The Kier molecular flexibility index (Phi) is 9.73. The Labute approximate surface area is 111 Å². The van der Waals surface area contributed by atoms with E-state index in [1.54, 1.807) is 6.07 Å². The summed E-state index contributed by atoms with van der Waals surface area (Å²) in [5.74, 6) is 0.827. The fourth-order valence-corrected chi connectivity index (χ4v) is 1.39. The van der Waals surface area contributed by atoms with Gasteiger partial charge in [0.05, 0.1) is 10.0 Å². The van der Waals surface area contributed by atoms with Crippen LogP contribution in [0.25, 0.3) is 0 Å². The Bertz CT molecular complexity index is 254. The Morgan fingerprint density at radius 1 is 1.20 bits per heavy atom. The predicted molar refractivity (Wildman–Crippen MR) is 69.5 cm³/mol. The van der Waals surface area contributed by atoms with Crippen molar-refractivity contribution in [3.63, 3.8) is 0 Å². The lowest BCUT2D eigenvalue weighted by Crippen LogP contribution is -1.74. The Morgan fingerprint density at radius 3 is 2.20 bits per heavy atom. The van der Waals surface area contributed by atoms with Crippen molar-refractivity contribution in [1.29, 1.82) is 0 Å². The van der Waals surface area contributed by atoms with Crippen LogP contribution in [0.2, 0.25) is 15.2 Å². The van der Waals surface area contributed by atoms with Gasteiger partial charge in [-0.25, -0.2) is 4.98 Å². The monoisotopic (exact) mass is 287 g/mol. The maximum atomic E-state index is 5.56. The maximum Gasteiger partial charge on any atom is 0.149 e. The number of pyridine rings is 1. The van der Waals surface area contributed by atoms with E-state index in [9.17, 15) is 0 Å².